The molecule has 2 aliphatic heterocycles. The maximum atomic E-state index is 12.5. The second kappa shape index (κ2) is 5.59. The molecule has 2 heterocycles. The Labute approximate surface area is 112 Å². The Morgan fingerprint density at radius 3 is 2.63 bits per heavy atom. The van der Waals surface area contributed by atoms with E-state index in [1.54, 1.807) is 16.8 Å². The number of amides is 2. The number of carbonyl (C=O) groups is 3. The van der Waals surface area contributed by atoms with Gasteiger partial charge in [-0.15, -0.1) is 0 Å². The van der Waals surface area contributed by atoms with Crippen LogP contribution in [-0.2, 0) is 19.1 Å². The Kier molecular flexibility index (Phi) is 4.07. The van der Waals surface area contributed by atoms with E-state index in [-0.39, 0.29) is 30.1 Å². The molecule has 0 N–H and O–H groups in total. The summed E-state index contributed by atoms with van der Waals surface area (Å²) in [5.41, 5.74) is 0. The van der Waals surface area contributed by atoms with E-state index in [0.717, 1.165) is 12.8 Å². The smallest absolute Gasteiger partial charge is 0.328 e. The van der Waals surface area contributed by atoms with Crippen molar-refractivity contribution in [1.82, 2.24) is 9.80 Å². The van der Waals surface area contributed by atoms with E-state index in [1.807, 2.05) is 0 Å². The first kappa shape index (κ1) is 13.8. The molecule has 2 rings (SSSR count). The third-order valence-corrected chi connectivity index (χ3v) is 3.95. The molecule has 0 aromatic heterocycles. The number of rotatable bonds is 2. The van der Waals surface area contributed by atoms with Crippen LogP contribution in [0.4, 0.5) is 0 Å². The molecule has 0 spiro atoms. The lowest BCUT2D eigenvalue weighted by Crippen LogP contribution is -2.50. The van der Waals surface area contributed by atoms with Gasteiger partial charge in [0.2, 0.25) is 11.8 Å². The molecule has 19 heavy (non-hydrogen) atoms. The zero-order chi connectivity index (χ0) is 14.0. The predicted octanol–water partition coefficient (Wildman–Crippen LogP) is 0.0188. The molecule has 106 valence electrons. The van der Waals surface area contributed by atoms with Crippen LogP contribution in [0.3, 0.4) is 0 Å². The van der Waals surface area contributed by atoms with Crippen LogP contribution < -0.4 is 0 Å². The van der Waals surface area contributed by atoms with Gasteiger partial charge < -0.3 is 14.5 Å². The van der Waals surface area contributed by atoms with E-state index in [9.17, 15) is 14.4 Å². The summed E-state index contributed by atoms with van der Waals surface area (Å²) in [4.78, 5) is 38.9. The Bertz CT molecular complexity index is 396. The topological polar surface area (TPSA) is 66.9 Å². The average Bonchev–Trinajstić information content (AvgIpc) is 2.77. The quantitative estimate of drug-likeness (QED) is 0.662. The number of hydrogen-bond donors (Lipinski definition) is 0. The first-order valence-corrected chi connectivity index (χ1v) is 6.67. The third-order valence-electron chi connectivity index (χ3n) is 3.95. The molecule has 6 nitrogen and oxygen atoms in total. The number of carbonyl (C=O) groups excluding carboxylic acids is 3. The van der Waals surface area contributed by atoms with Crippen molar-refractivity contribution >= 4 is 17.8 Å². The molecule has 2 atom stereocenters. The van der Waals surface area contributed by atoms with Gasteiger partial charge in [-0.3, -0.25) is 9.59 Å². The molecule has 2 unspecified atom stereocenters. The summed E-state index contributed by atoms with van der Waals surface area (Å²) in [6, 6.07) is -0.479. The van der Waals surface area contributed by atoms with E-state index < -0.39 is 6.04 Å². The van der Waals surface area contributed by atoms with Gasteiger partial charge >= 0.3 is 5.97 Å². The van der Waals surface area contributed by atoms with Crippen molar-refractivity contribution < 1.29 is 19.1 Å². The molecule has 0 bridgehead atoms. The molecule has 0 aromatic rings. The van der Waals surface area contributed by atoms with Crippen LogP contribution >= 0.6 is 0 Å². The lowest BCUT2D eigenvalue weighted by atomic mass is 9.98. The Balaban J connectivity index is 2.07. The molecular weight excluding hydrogens is 248 g/mol. The number of likely N-dealkylation sites (tertiary alicyclic amines) is 2. The summed E-state index contributed by atoms with van der Waals surface area (Å²) in [6.07, 6.45) is 2.72. The monoisotopic (exact) mass is 268 g/mol. The van der Waals surface area contributed by atoms with E-state index in [2.05, 4.69) is 0 Å². The first-order valence-electron chi connectivity index (χ1n) is 6.67. The fourth-order valence-corrected chi connectivity index (χ4v) is 2.84. The van der Waals surface area contributed by atoms with Gasteiger partial charge in [-0.05, 0) is 19.3 Å². The van der Waals surface area contributed by atoms with Crippen LogP contribution in [0.2, 0.25) is 0 Å². The van der Waals surface area contributed by atoms with Crippen molar-refractivity contribution in [3.63, 3.8) is 0 Å². The van der Waals surface area contributed by atoms with Gasteiger partial charge in [0.25, 0.3) is 0 Å². The maximum absolute atomic E-state index is 12.5. The van der Waals surface area contributed by atoms with Crippen molar-refractivity contribution in [2.24, 2.45) is 5.92 Å². The van der Waals surface area contributed by atoms with Gasteiger partial charge in [0.1, 0.15) is 6.04 Å². The minimum absolute atomic E-state index is 0.00928. The summed E-state index contributed by atoms with van der Waals surface area (Å²) < 4.78 is 4.76. The number of methoxy groups -OCH3 is 1. The Morgan fingerprint density at radius 2 is 2.05 bits per heavy atom. The fraction of sp³-hybridized carbons (Fsp3) is 0.769. The summed E-state index contributed by atoms with van der Waals surface area (Å²) in [7, 11) is 3.04. The van der Waals surface area contributed by atoms with Gasteiger partial charge in [-0.2, -0.15) is 0 Å². The second-order valence-corrected chi connectivity index (χ2v) is 5.24. The largest absolute Gasteiger partial charge is 0.467 e. The van der Waals surface area contributed by atoms with Crippen LogP contribution in [0.5, 0.6) is 0 Å². The van der Waals surface area contributed by atoms with E-state index in [1.165, 1.54) is 7.11 Å². The highest BCUT2D eigenvalue weighted by Gasteiger charge is 2.40. The van der Waals surface area contributed by atoms with E-state index in [0.29, 0.717) is 19.5 Å². The van der Waals surface area contributed by atoms with Crippen molar-refractivity contribution in [2.75, 3.05) is 27.2 Å². The lowest BCUT2D eigenvalue weighted by Gasteiger charge is -2.35. The molecule has 0 radical (unpaired) electrons. The lowest BCUT2D eigenvalue weighted by molar-refractivity contribution is -0.156. The molecule has 2 amide bonds. The number of piperidine rings is 1. The number of hydrogen-bond acceptors (Lipinski definition) is 4. The van der Waals surface area contributed by atoms with Crippen LogP contribution in [0.25, 0.3) is 0 Å². The van der Waals surface area contributed by atoms with Crippen molar-refractivity contribution in [3.05, 3.63) is 0 Å². The van der Waals surface area contributed by atoms with Crippen LogP contribution in [-0.4, -0.2) is 60.9 Å². The van der Waals surface area contributed by atoms with Gasteiger partial charge in [0.15, 0.2) is 0 Å². The molecule has 2 aliphatic rings. The molecule has 2 saturated heterocycles. The minimum atomic E-state index is -0.479. The van der Waals surface area contributed by atoms with E-state index >= 15 is 0 Å². The average molecular weight is 268 g/mol. The van der Waals surface area contributed by atoms with Gasteiger partial charge in [0, 0.05) is 26.6 Å². The summed E-state index contributed by atoms with van der Waals surface area (Å²) >= 11 is 0. The minimum Gasteiger partial charge on any atom is -0.467 e. The number of ether oxygens (including phenoxy) is 1. The SMILES string of the molecule is COC(=O)C1CCCCN1C(=O)C1CC(=O)N(C)C1. The summed E-state index contributed by atoms with van der Waals surface area (Å²) in [5.74, 6) is -0.772. The summed E-state index contributed by atoms with van der Waals surface area (Å²) in [6.45, 7) is 1.02. The van der Waals surface area contributed by atoms with Crippen LogP contribution in [0.15, 0.2) is 0 Å². The molecule has 0 aliphatic carbocycles. The van der Waals surface area contributed by atoms with Crippen molar-refractivity contribution in [3.8, 4) is 0 Å². The predicted molar refractivity (Wildman–Crippen MR) is 67.1 cm³/mol. The zero-order valence-corrected chi connectivity index (χ0v) is 11.4. The fourth-order valence-electron chi connectivity index (χ4n) is 2.84. The summed E-state index contributed by atoms with van der Waals surface area (Å²) in [5, 5.41) is 0. The molecule has 0 saturated carbocycles. The van der Waals surface area contributed by atoms with E-state index in [4.69, 9.17) is 4.74 Å². The first-order chi connectivity index (χ1) is 9.04. The normalized spacial score (nSPS) is 27.6. The van der Waals surface area contributed by atoms with Gasteiger partial charge in [-0.25, -0.2) is 4.79 Å². The second-order valence-electron chi connectivity index (χ2n) is 5.24. The van der Waals surface area contributed by atoms with Crippen LogP contribution in [0, 0.1) is 5.92 Å². The highest BCUT2D eigenvalue weighted by molar-refractivity contribution is 5.91. The standard InChI is InChI=1S/C13H20N2O4/c1-14-8-9(7-11(14)16)12(17)15-6-4-3-5-10(15)13(18)19-2/h9-10H,3-8H2,1-2H3. The Morgan fingerprint density at radius 1 is 1.32 bits per heavy atom. The van der Waals surface area contributed by atoms with Crippen molar-refractivity contribution in [1.29, 1.82) is 0 Å². The third kappa shape index (κ3) is 2.72. The van der Waals surface area contributed by atoms with Gasteiger partial charge in [-0.1, -0.05) is 0 Å². The zero-order valence-electron chi connectivity index (χ0n) is 11.4. The van der Waals surface area contributed by atoms with Gasteiger partial charge in [0.05, 0.1) is 13.0 Å². The Hall–Kier alpha value is -1.59. The number of nitrogens with zero attached hydrogens (tertiary/aromatic N) is 2. The molecule has 2 fully saturated rings. The maximum Gasteiger partial charge on any atom is 0.328 e. The van der Waals surface area contributed by atoms with Crippen LogP contribution in [0.1, 0.15) is 25.7 Å². The highest BCUT2D eigenvalue weighted by atomic mass is 16.5. The number of esters is 1. The molecular formula is C13H20N2O4. The molecule has 0 aromatic carbocycles. The van der Waals surface area contributed by atoms with Crippen molar-refractivity contribution in [2.45, 2.75) is 31.7 Å². The molecule has 6 heteroatoms. The highest BCUT2D eigenvalue weighted by Crippen LogP contribution is 2.24.